The molecule has 1 amide bonds. The number of carbonyl (C=O) groups is 1. The minimum Gasteiger partial charge on any atom is -0.497 e. The van der Waals surface area contributed by atoms with Gasteiger partial charge in [0.15, 0.2) is 5.82 Å². The van der Waals surface area contributed by atoms with Gasteiger partial charge in [0.05, 0.1) is 32.8 Å². The molecule has 2 fully saturated rings. The number of piperidine rings is 1. The van der Waals surface area contributed by atoms with Crippen molar-refractivity contribution in [2.75, 3.05) is 40.0 Å². The highest BCUT2D eigenvalue weighted by Gasteiger charge is 2.30. The molecule has 0 unspecified atom stereocenters. The molecule has 1 aromatic carbocycles. The number of carbonyl (C=O) groups excluding carboxylic acids is 1. The number of nitrogens with zero attached hydrogens (tertiary/aromatic N) is 4. The second kappa shape index (κ2) is 8.70. The Morgan fingerprint density at radius 2 is 2.11 bits per heavy atom. The van der Waals surface area contributed by atoms with Crippen LogP contribution in [0.1, 0.15) is 36.0 Å². The second-order valence-corrected chi connectivity index (χ2v) is 7.30. The summed E-state index contributed by atoms with van der Waals surface area (Å²) in [5.41, 5.74) is 1.05. The van der Waals surface area contributed by atoms with Crippen molar-refractivity contribution < 1.29 is 18.8 Å². The Hall–Kier alpha value is -2.45. The third-order valence-corrected chi connectivity index (χ3v) is 5.31. The van der Waals surface area contributed by atoms with Gasteiger partial charge >= 0.3 is 0 Å². The van der Waals surface area contributed by atoms with Gasteiger partial charge in [-0.05, 0) is 24.1 Å². The molecule has 1 aromatic heterocycles. The van der Waals surface area contributed by atoms with Crippen LogP contribution in [0.15, 0.2) is 28.8 Å². The molecule has 0 saturated carbocycles. The number of rotatable bonds is 6. The normalized spacial score (nSPS) is 21.1. The summed E-state index contributed by atoms with van der Waals surface area (Å²) in [7, 11) is 1.64. The van der Waals surface area contributed by atoms with E-state index in [-0.39, 0.29) is 11.8 Å². The first-order valence-electron chi connectivity index (χ1n) is 9.74. The number of likely N-dealkylation sites (tertiary alicyclic amines) is 1. The molecule has 2 aromatic rings. The van der Waals surface area contributed by atoms with Crippen molar-refractivity contribution in [1.29, 1.82) is 0 Å². The smallest absolute Gasteiger partial charge is 0.231 e. The van der Waals surface area contributed by atoms with E-state index in [4.69, 9.17) is 14.0 Å². The van der Waals surface area contributed by atoms with Crippen molar-refractivity contribution in [3.8, 4) is 5.75 Å². The van der Waals surface area contributed by atoms with Crippen molar-refractivity contribution in [2.45, 2.75) is 31.8 Å². The highest BCUT2D eigenvalue weighted by atomic mass is 16.5. The fourth-order valence-electron chi connectivity index (χ4n) is 3.72. The van der Waals surface area contributed by atoms with Crippen LogP contribution < -0.4 is 4.74 Å². The molecule has 0 N–H and O–H groups in total. The van der Waals surface area contributed by atoms with Gasteiger partial charge in [-0.3, -0.25) is 9.69 Å². The van der Waals surface area contributed by atoms with Crippen molar-refractivity contribution in [3.63, 3.8) is 0 Å². The van der Waals surface area contributed by atoms with E-state index in [1.165, 1.54) is 0 Å². The summed E-state index contributed by atoms with van der Waals surface area (Å²) in [5.74, 6) is 2.36. The predicted molar refractivity (Wildman–Crippen MR) is 101 cm³/mol. The monoisotopic (exact) mass is 386 g/mol. The summed E-state index contributed by atoms with van der Waals surface area (Å²) in [6.45, 7) is 5.08. The van der Waals surface area contributed by atoms with E-state index in [1.54, 1.807) is 7.11 Å². The highest BCUT2D eigenvalue weighted by Crippen LogP contribution is 2.28. The van der Waals surface area contributed by atoms with Crippen LogP contribution in [0.4, 0.5) is 0 Å². The average molecular weight is 386 g/mol. The maximum atomic E-state index is 12.4. The van der Waals surface area contributed by atoms with Gasteiger partial charge in [0, 0.05) is 32.6 Å². The Balaban J connectivity index is 1.39. The van der Waals surface area contributed by atoms with Gasteiger partial charge in [-0.1, -0.05) is 17.3 Å². The van der Waals surface area contributed by atoms with Gasteiger partial charge in [0.1, 0.15) is 5.75 Å². The largest absolute Gasteiger partial charge is 0.497 e. The van der Waals surface area contributed by atoms with Gasteiger partial charge in [-0.2, -0.15) is 4.98 Å². The fraction of sp³-hybridized carbons (Fsp3) is 0.550. The molecule has 150 valence electrons. The van der Waals surface area contributed by atoms with E-state index < -0.39 is 0 Å². The molecule has 3 heterocycles. The minimum atomic E-state index is 0.0780. The molecule has 4 rings (SSSR count). The molecule has 0 spiro atoms. The Morgan fingerprint density at radius 3 is 2.93 bits per heavy atom. The molecule has 0 aliphatic carbocycles. The number of hydrogen-bond donors (Lipinski definition) is 0. The van der Waals surface area contributed by atoms with Crippen molar-refractivity contribution in [3.05, 3.63) is 41.5 Å². The molecule has 28 heavy (non-hydrogen) atoms. The maximum absolute atomic E-state index is 12.4. The first-order valence-corrected chi connectivity index (χ1v) is 9.74. The molecule has 2 aliphatic heterocycles. The molecular formula is C20H26N4O4. The number of amides is 1. The summed E-state index contributed by atoms with van der Waals surface area (Å²) in [6.07, 6.45) is 1.24. The van der Waals surface area contributed by atoms with E-state index in [0.29, 0.717) is 37.8 Å². The molecule has 1 atom stereocenters. The summed E-state index contributed by atoms with van der Waals surface area (Å²) in [6, 6.07) is 7.81. The van der Waals surface area contributed by atoms with E-state index in [1.807, 2.05) is 29.2 Å². The van der Waals surface area contributed by atoms with E-state index in [2.05, 4.69) is 15.0 Å². The number of morpholine rings is 1. The highest BCUT2D eigenvalue weighted by molar-refractivity contribution is 5.77. The first kappa shape index (κ1) is 18.9. The van der Waals surface area contributed by atoms with Gasteiger partial charge in [0.25, 0.3) is 0 Å². The quantitative estimate of drug-likeness (QED) is 0.749. The third kappa shape index (κ3) is 4.51. The lowest BCUT2D eigenvalue weighted by Crippen LogP contribution is -2.38. The summed E-state index contributed by atoms with van der Waals surface area (Å²) in [5, 5.41) is 4.15. The molecule has 0 bridgehead atoms. The average Bonchev–Trinajstić information content (AvgIpc) is 3.19. The molecular weight excluding hydrogens is 360 g/mol. The lowest BCUT2D eigenvalue weighted by molar-refractivity contribution is -0.134. The van der Waals surface area contributed by atoms with Crippen LogP contribution >= 0.6 is 0 Å². The topological polar surface area (TPSA) is 80.9 Å². The molecule has 8 heteroatoms. The van der Waals surface area contributed by atoms with Crippen LogP contribution in [-0.4, -0.2) is 65.8 Å². The Morgan fingerprint density at radius 1 is 1.25 bits per heavy atom. The van der Waals surface area contributed by atoms with E-state index >= 15 is 0 Å². The van der Waals surface area contributed by atoms with Crippen molar-refractivity contribution in [2.24, 2.45) is 0 Å². The van der Waals surface area contributed by atoms with Crippen molar-refractivity contribution in [1.82, 2.24) is 19.9 Å². The third-order valence-electron chi connectivity index (χ3n) is 5.31. The van der Waals surface area contributed by atoms with Crippen LogP contribution in [-0.2, 0) is 22.6 Å². The fourth-order valence-corrected chi connectivity index (χ4v) is 3.72. The van der Waals surface area contributed by atoms with Crippen LogP contribution in [0, 0.1) is 0 Å². The number of methoxy groups -OCH3 is 1. The summed E-state index contributed by atoms with van der Waals surface area (Å²) < 4.78 is 16.2. The zero-order valence-corrected chi connectivity index (χ0v) is 16.2. The molecule has 8 nitrogen and oxygen atoms in total. The molecule has 2 aliphatic rings. The van der Waals surface area contributed by atoms with Crippen LogP contribution in [0.2, 0.25) is 0 Å². The molecule has 0 radical (unpaired) electrons. The Labute approximate surface area is 164 Å². The SMILES string of the molecule is COc1cccc(CN2C[C@H](c3nc(CN4CCOCC4)no3)CCC2=O)c1. The molecule has 2 saturated heterocycles. The number of benzene rings is 1. The lowest BCUT2D eigenvalue weighted by Gasteiger charge is -2.31. The van der Waals surface area contributed by atoms with Crippen LogP contribution in [0.25, 0.3) is 0 Å². The standard InChI is InChI=1S/C20H26N4O4/c1-26-17-4-2-3-15(11-17)12-24-13-16(5-6-19(24)25)20-21-18(22-28-20)14-23-7-9-27-10-8-23/h2-4,11,16H,5-10,12-14H2,1H3/t16-/m1/s1. The summed E-state index contributed by atoms with van der Waals surface area (Å²) in [4.78, 5) is 21.1. The lowest BCUT2D eigenvalue weighted by atomic mass is 9.97. The predicted octanol–water partition coefficient (Wildman–Crippen LogP) is 1.82. The Bertz CT molecular complexity index is 803. The van der Waals surface area contributed by atoms with Crippen molar-refractivity contribution >= 4 is 5.91 Å². The van der Waals surface area contributed by atoms with Gasteiger partial charge < -0.3 is 18.9 Å². The number of ether oxygens (including phenoxy) is 2. The number of hydrogen-bond acceptors (Lipinski definition) is 7. The maximum Gasteiger partial charge on any atom is 0.231 e. The van der Waals surface area contributed by atoms with E-state index in [9.17, 15) is 4.79 Å². The van der Waals surface area contributed by atoms with Crippen LogP contribution in [0.5, 0.6) is 5.75 Å². The van der Waals surface area contributed by atoms with Gasteiger partial charge in [-0.25, -0.2) is 0 Å². The zero-order valence-electron chi connectivity index (χ0n) is 16.2. The number of aromatic nitrogens is 2. The van der Waals surface area contributed by atoms with Gasteiger partial charge in [0.2, 0.25) is 11.8 Å². The second-order valence-electron chi connectivity index (χ2n) is 7.30. The summed E-state index contributed by atoms with van der Waals surface area (Å²) >= 11 is 0. The Kier molecular flexibility index (Phi) is 5.87. The first-order chi connectivity index (χ1) is 13.7. The van der Waals surface area contributed by atoms with Crippen LogP contribution in [0.3, 0.4) is 0 Å². The van der Waals surface area contributed by atoms with Gasteiger partial charge in [-0.15, -0.1) is 0 Å². The zero-order chi connectivity index (χ0) is 19.3. The van der Waals surface area contributed by atoms with E-state index in [0.717, 1.165) is 44.0 Å². The minimum absolute atomic E-state index is 0.0780.